The van der Waals surface area contributed by atoms with Crippen LogP contribution < -0.4 is 17.0 Å². The minimum atomic E-state index is 0. The highest BCUT2D eigenvalue weighted by Crippen LogP contribution is 2.21. The molecule has 0 saturated carbocycles. The molecule has 0 N–H and O–H groups in total. The van der Waals surface area contributed by atoms with Gasteiger partial charge >= 0.3 is 5.82 Å². The van der Waals surface area contributed by atoms with E-state index in [-0.39, 0.29) is 12.4 Å². The maximum Gasteiger partial charge on any atom is 0.327 e. The molecule has 0 aliphatic heterocycles. The van der Waals surface area contributed by atoms with Crippen molar-refractivity contribution in [3.8, 4) is 5.82 Å². The first kappa shape index (κ1) is 27.8. The molecular weight excluding hydrogens is 436 g/mol. The lowest BCUT2D eigenvalue weighted by Crippen LogP contribution is -3.00. The zero-order chi connectivity index (χ0) is 23.1. The Balaban J connectivity index is 0.00000408. The number of pyridine rings is 2. The zero-order valence-electron chi connectivity index (χ0n) is 20.9. The third kappa shape index (κ3) is 8.72. The van der Waals surface area contributed by atoms with Crippen molar-refractivity contribution >= 4 is 6.08 Å². The van der Waals surface area contributed by atoms with Gasteiger partial charge in [0, 0.05) is 24.5 Å². The highest BCUT2D eigenvalue weighted by atomic mass is 35.5. The number of rotatable bonds is 15. The Morgan fingerprint density at radius 1 is 0.794 bits per heavy atom. The maximum atomic E-state index is 4.65. The molecular formula is C31H41ClN2. The van der Waals surface area contributed by atoms with Crippen molar-refractivity contribution in [1.29, 1.82) is 0 Å². The molecule has 0 unspecified atom stereocenters. The van der Waals surface area contributed by atoms with Crippen LogP contribution in [0.1, 0.15) is 93.5 Å². The van der Waals surface area contributed by atoms with E-state index in [9.17, 15) is 0 Å². The molecule has 0 aliphatic rings. The van der Waals surface area contributed by atoms with Gasteiger partial charge in [-0.2, -0.15) is 0 Å². The first-order chi connectivity index (χ1) is 16.3. The summed E-state index contributed by atoms with van der Waals surface area (Å²) >= 11 is 0. The van der Waals surface area contributed by atoms with Crippen molar-refractivity contribution in [2.24, 2.45) is 0 Å². The van der Waals surface area contributed by atoms with Crippen molar-refractivity contribution in [2.75, 3.05) is 0 Å². The first-order valence-corrected chi connectivity index (χ1v) is 13.0. The molecule has 0 atom stereocenters. The fourth-order valence-electron chi connectivity index (χ4n) is 4.61. The molecule has 0 aliphatic carbocycles. The van der Waals surface area contributed by atoms with E-state index in [1.165, 1.54) is 86.6 Å². The number of benzene rings is 1. The smallest absolute Gasteiger partial charge is 0.327 e. The Labute approximate surface area is 213 Å². The highest BCUT2D eigenvalue weighted by molar-refractivity contribution is 5.53. The molecule has 0 saturated heterocycles. The number of hydrogen-bond donors (Lipinski definition) is 0. The molecule has 0 spiro atoms. The molecule has 1 aromatic carbocycles. The molecule has 0 bridgehead atoms. The normalized spacial score (nSPS) is 10.6. The van der Waals surface area contributed by atoms with Gasteiger partial charge in [0.1, 0.15) is 11.9 Å². The SMILES string of the molecule is C=Cc1cc[n+](-c2ccccn2)c(CCCCCCCCCCCC)c1Cc1ccccc1.[Cl-]. The van der Waals surface area contributed by atoms with Crippen molar-refractivity contribution in [1.82, 2.24) is 4.98 Å². The van der Waals surface area contributed by atoms with Crippen LogP contribution in [0.2, 0.25) is 0 Å². The maximum absolute atomic E-state index is 4.65. The lowest BCUT2D eigenvalue weighted by atomic mass is 9.95. The zero-order valence-corrected chi connectivity index (χ0v) is 21.6. The topological polar surface area (TPSA) is 16.8 Å². The summed E-state index contributed by atoms with van der Waals surface area (Å²) in [5.74, 6) is 0.990. The van der Waals surface area contributed by atoms with Crippen LogP contribution in [0, 0.1) is 0 Å². The summed E-state index contributed by atoms with van der Waals surface area (Å²) in [6.07, 6.45) is 21.6. The lowest BCUT2D eigenvalue weighted by molar-refractivity contribution is -0.608. The predicted octanol–water partition coefficient (Wildman–Crippen LogP) is 5.06. The fourth-order valence-corrected chi connectivity index (χ4v) is 4.61. The Kier molecular flexibility index (Phi) is 13.3. The molecule has 182 valence electrons. The number of unbranched alkanes of at least 4 members (excludes halogenated alkanes) is 9. The summed E-state index contributed by atoms with van der Waals surface area (Å²) < 4.78 is 2.29. The minimum Gasteiger partial charge on any atom is -1.00 e. The molecule has 2 aromatic heterocycles. The predicted molar refractivity (Wildman–Crippen MR) is 141 cm³/mol. The van der Waals surface area contributed by atoms with Crippen molar-refractivity contribution in [2.45, 2.75) is 84.0 Å². The number of aromatic nitrogens is 2. The van der Waals surface area contributed by atoms with Crippen molar-refractivity contribution in [3.63, 3.8) is 0 Å². The Morgan fingerprint density at radius 2 is 1.44 bits per heavy atom. The van der Waals surface area contributed by atoms with Gasteiger partial charge in [0.25, 0.3) is 0 Å². The second-order valence-corrected chi connectivity index (χ2v) is 9.05. The van der Waals surface area contributed by atoms with Crippen LogP contribution in [-0.4, -0.2) is 4.98 Å². The van der Waals surface area contributed by atoms with E-state index in [2.05, 4.69) is 77.8 Å². The van der Waals surface area contributed by atoms with Gasteiger partial charge in [-0.05, 0) is 34.7 Å². The van der Waals surface area contributed by atoms with E-state index < -0.39 is 0 Å². The number of halogens is 1. The van der Waals surface area contributed by atoms with Crippen LogP contribution in [0.15, 0.2) is 73.6 Å². The molecule has 0 amide bonds. The highest BCUT2D eigenvalue weighted by Gasteiger charge is 2.19. The minimum absolute atomic E-state index is 0. The molecule has 3 aromatic rings. The third-order valence-electron chi connectivity index (χ3n) is 6.50. The van der Waals surface area contributed by atoms with Crippen LogP contribution in [0.25, 0.3) is 11.9 Å². The van der Waals surface area contributed by atoms with Crippen LogP contribution >= 0.6 is 0 Å². The van der Waals surface area contributed by atoms with Gasteiger partial charge in [-0.3, -0.25) is 0 Å². The Morgan fingerprint density at radius 3 is 2.06 bits per heavy atom. The molecule has 0 fully saturated rings. The average molecular weight is 477 g/mol. The van der Waals surface area contributed by atoms with E-state index in [1.54, 1.807) is 0 Å². The molecule has 3 rings (SSSR count). The summed E-state index contributed by atoms with van der Waals surface area (Å²) in [4.78, 5) is 4.65. The lowest BCUT2D eigenvalue weighted by Gasteiger charge is -2.15. The largest absolute Gasteiger partial charge is 1.00 e. The summed E-state index contributed by atoms with van der Waals surface area (Å²) in [6.45, 7) is 6.39. The Hall–Kier alpha value is -2.45. The van der Waals surface area contributed by atoms with Gasteiger partial charge in [0.2, 0.25) is 0 Å². The first-order valence-electron chi connectivity index (χ1n) is 13.0. The van der Waals surface area contributed by atoms with Gasteiger partial charge < -0.3 is 12.4 Å². The molecule has 3 heteroatoms. The number of hydrogen-bond acceptors (Lipinski definition) is 1. The van der Waals surface area contributed by atoms with Gasteiger partial charge in [0.05, 0.1) is 6.20 Å². The fraction of sp³-hybridized carbons (Fsp3) is 0.419. The molecule has 0 radical (unpaired) electrons. The van der Waals surface area contributed by atoms with E-state index in [1.807, 2.05) is 18.3 Å². The van der Waals surface area contributed by atoms with E-state index in [4.69, 9.17) is 0 Å². The van der Waals surface area contributed by atoms with Gasteiger partial charge in [-0.25, -0.2) is 4.57 Å². The van der Waals surface area contributed by atoms with E-state index in [0.717, 1.165) is 18.7 Å². The monoisotopic (exact) mass is 476 g/mol. The third-order valence-corrected chi connectivity index (χ3v) is 6.50. The quantitative estimate of drug-likeness (QED) is 0.221. The van der Waals surface area contributed by atoms with Crippen LogP contribution in [-0.2, 0) is 12.8 Å². The summed E-state index contributed by atoms with van der Waals surface area (Å²) in [7, 11) is 0. The van der Waals surface area contributed by atoms with Crippen LogP contribution in [0.3, 0.4) is 0 Å². The average Bonchev–Trinajstić information content (AvgIpc) is 2.87. The Bertz CT molecular complexity index is 954. The molecule has 2 heterocycles. The second-order valence-electron chi connectivity index (χ2n) is 9.05. The van der Waals surface area contributed by atoms with Crippen LogP contribution in [0.4, 0.5) is 0 Å². The summed E-state index contributed by atoms with van der Waals surface area (Å²) in [5, 5.41) is 0. The van der Waals surface area contributed by atoms with Crippen molar-refractivity contribution in [3.05, 3.63) is 96.0 Å². The standard InChI is InChI=1S/C31H41N2.ClH/c1-3-5-6-7-8-9-10-11-12-16-21-30-29(26-27-19-14-13-15-20-27)28(4-2)23-25-33(30)31-22-17-18-24-32-31;/h4,13-15,17-20,22-25H,2-3,5-12,16,21,26H2,1H3;1H/q+1;/p-1. The summed E-state index contributed by atoms with van der Waals surface area (Å²) in [6, 6.07) is 19.1. The van der Waals surface area contributed by atoms with Crippen LogP contribution in [0.5, 0.6) is 0 Å². The summed E-state index contributed by atoms with van der Waals surface area (Å²) in [5.41, 5.74) is 5.31. The molecule has 34 heavy (non-hydrogen) atoms. The van der Waals surface area contributed by atoms with E-state index in [0.29, 0.717) is 0 Å². The van der Waals surface area contributed by atoms with E-state index >= 15 is 0 Å². The van der Waals surface area contributed by atoms with Gasteiger partial charge in [-0.15, -0.1) is 0 Å². The van der Waals surface area contributed by atoms with Crippen molar-refractivity contribution < 1.29 is 17.0 Å². The van der Waals surface area contributed by atoms with Gasteiger partial charge in [-0.1, -0.05) is 114 Å². The molecule has 2 nitrogen and oxygen atoms in total. The van der Waals surface area contributed by atoms with Gasteiger partial charge in [0.15, 0.2) is 0 Å². The number of nitrogens with zero attached hydrogens (tertiary/aromatic N) is 2. The second kappa shape index (κ2) is 16.2.